The molecule has 0 saturated heterocycles. The molecule has 0 amide bonds. The maximum Gasteiger partial charge on any atom is 0.306 e. The van der Waals surface area contributed by atoms with E-state index in [1.165, 1.54) is 57.8 Å². The van der Waals surface area contributed by atoms with Crippen LogP contribution in [0.3, 0.4) is 0 Å². The van der Waals surface area contributed by atoms with Crippen LogP contribution in [-0.2, 0) is 4.79 Å². The van der Waals surface area contributed by atoms with Gasteiger partial charge in [-0.25, -0.2) is 0 Å². The van der Waals surface area contributed by atoms with Crippen LogP contribution < -0.4 is 0 Å². The Labute approximate surface area is 120 Å². The first-order chi connectivity index (χ1) is 9.22. The molecule has 1 N–H and O–H groups in total. The third-order valence-corrected chi connectivity index (χ3v) is 3.91. The second-order valence-corrected chi connectivity index (χ2v) is 5.79. The number of carboxylic acid groups (broad SMARTS) is 1. The smallest absolute Gasteiger partial charge is 0.306 e. The summed E-state index contributed by atoms with van der Waals surface area (Å²) in [6.07, 6.45) is 16.7. The number of carboxylic acids is 1. The van der Waals surface area contributed by atoms with Crippen LogP contribution in [0.15, 0.2) is 0 Å². The van der Waals surface area contributed by atoms with Crippen LogP contribution in [0.5, 0.6) is 0 Å². The molecule has 0 aliphatic heterocycles. The van der Waals surface area contributed by atoms with Crippen LogP contribution in [0, 0.1) is 5.92 Å². The van der Waals surface area contributed by atoms with Crippen molar-refractivity contribution in [2.75, 3.05) is 0 Å². The van der Waals surface area contributed by atoms with E-state index in [9.17, 15) is 4.79 Å². The Kier molecular flexibility index (Phi) is 13.5. The molecule has 0 aromatic carbocycles. The molecule has 0 radical (unpaired) electrons. The minimum Gasteiger partial charge on any atom is -0.481 e. The topological polar surface area (TPSA) is 37.3 Å². The second-order valence-electron chi connectivity index (χ2n) is 5.79. The Balaban J connectivity index is 0.000000342. The van der Waals surface area contributed by atoms with E-state index < -0.39 is 5.97 Å². The SMILES string of the molecule is CCCCCCCCCC.O=C(O)C1CCCCC1. The Morgan fingerprint density at radius 3 is 1.58 bits per heavy atom. The molecule has 1 aliphatic carbocycles. The van der Waals surface area contributed by atoms with E-state index in [4.69, 9.17) is 5.11 Å². The minimum absolute atomic E-state index is 0.0289. The lowest BCUT2D eigenvalue weighted by Gasteiger charge is -2.16. The molecule has 2 heteroatoms. The van der Waals surface area contributed by atoms with Crippen molar-refractivity contribution in [3.05, 3.63) is 0 Å². The summed E-state index contributed by atoms with van der Waals surface area (Å²) >= 11 is 0. The fourth-order valence-corrected chi connectivity index (χ4v) is 2.56. The molecular weight excluding hydrogens is 236 g/mol. The van der Waals surface area contributed by atoms with Crippen LogP contribution in [-0.4, -0.2) is 11.1 Å². The first kappa shape index (κ1) is 18.5. The van der Waals surface area contributed by atoms with Crippen LogP contribution in [0.1, 0.15) is 97.3 Å². The molecule has 0 aromatic rings. The van der Waals surface area contributed by atoms with Gasteiger partial charge in [-0.1, -0.05) is 84.5 Å². The van der Waals surface area contributed by atoms with Crippen LogP contribution in [0.25, 0.3) is 0 Å². The quantitative estimate of drug-likeness (QED) is 0.566. The molecule has 0 spiro atoms. The minimum atomic E-state index is -0.602. The normalized spacial score (nSPS) is 15.7. The lowest BCUT2D eigenvalue weighted by Crippen LogP contribution is -2.16. The van der Waals surface area contributed by atoms with Crippen molar-refractivity contribution in [1.82, 2.24) is 0 Å². The van der Waals surface area contributed by atoms with E-state index in [0.717, 1.165) is 25.7 Å². The van der Waals surface area contributed by atoms with Crippen LogP contribution in [0.4, 0.5) is 0 Å². The Hall–Kier alpha value is -0.530. The highest BCUT2D eigenvalue weighted by Crippen LogP contribution is 2.23. The summed E-state index contributed by atoms with van der Waals surface area (Å²) in [5.74, 6) is -0.631. The average molecular weight is 270 g/mol. The number of rotatable bonds is 8. The molecule has 0 unspecified atom stereocenters. The standard InChI is InChI=1S/C10H22.C7H12O2/c1-3-5-7-9-10-8-6-4-2;8-7(9)6-4-2-1-3-5-6/h3-10H2,1-2H3;6H,1-5H2,(H,8,9). The Morgan fingerprint density at radius 1 is 0.842 bits per heavy atom. The van der Waals surface area contributed by atoms with Gasteiger partial charge >= 0.3 is 5.97 Å². The maximum absolute atomic E-state index is 10.4. The van der Waals surface area contributed by atoms with E-state index in [1.807, 2.05) is 0 Å². The van der Waals surface area contributed by atoms with Gasteiger partial charge in [0.2, 0.25) is 0 Å². The first-order valence-corrected chi connectivity index (χ1v) is 8.45. The van der Waals surface area contributed by atoms with Gasteiger partial charge in [-0.15, -0.1) is 0 Å². The van der Waals surface area contributed by atoms with Crippen molar-refractivity contribution in [2.45, 2.75) is 97.3 Å². The van der Waals surface area contributed by atoms with E-state index in [0.29, 0.717) is 0 Å². The van der Waals surface area contributed by atoms with Crippen molar-refractivity contribution in [3.8, 4) is 0 Å². The van der Waals surface area contributed by atoms with Gasteiger partial charge in [0.15, 0.2) is 0 Å². The number of hydrogen-bond donors (Lipinski definition) is 1. The van der Waals surface area contributed by atoms with Crippen molar-refractivity contribution in [1.29, 1.82) is 0 Å². The zero-order valence-electron chi connectivity index (χ0n) is 13.1. The highest BCUT2D eigenvalue weighted by molar-refractivity contribution is 5.69. The highest BCUT2D eigenvalue weighted by Gasteiger charge is 2.19. The van der Waals surface area contributed by atoms with Crippen molar-refractivity contribution < 1.29 is 9.90 Å². The Bertz CT molecular complexity index is 187. The zero-order valence-corrected chi connectivity index (χ0v) is 13.1. The molecule has 0 atom stereocenters. The molecule has 19 heavy (non-hydrogen) atoms. The molecule has 1 rings (SSSR count). The van der Waals surface area contributed by atoms with Gasteiger partial charge in [0.05, 0.1) is 5.92 Å². The molecule has 1 fully saturated rings. The fourth-order valence-electron chi connectivity index (χ4n) is 2.56. The summed E-state index contributed by atoms with van der Waals surface area (Å²) in [7, 11) is 0. The highest BCUT2D eigenvalue weighted by atomic mass is 16.4. The lowest BCUT2D eigenvalue weighted by molar-refractivity contribution is -0.142. The monoisotopic (exact) mass is 270 g/mol. The summed E-state index contributed by atoms with van der Waals surface area (Å²) in [5, 5.41) is 8.54. The molecule has 2 nitrogen and oxygen atoms in total. The molecular formula is C17H34O2. The Morgan fingerprint density at radius 2 is 1.26 bits per heavy atom. The van der Waals surface area contributed by atoms with E-state index in [2.05, 4.69) is 13.8 Å². The molecule has 0 aromatic heterocycles. The summed E-state index contributed by atoms with van der Waals surface area (Å²) in [6.45, 7) is 4.54. The van der Waals surface area contributed by atoms with Crippen molar-refractivity contribution in [2.24, 2.45) is 5.92 Å². The molecule has 1 saturated carbocycles. The summed E-state index contributed by atoms with van der Waals surface area (Å²) in [6, 6.07) is 0. The first-order valence-electron chi connectivity index (χ1n) is 8.45. The summed E-state index contributed by atoms with van der Waals surface area (Å²) < 4.78 is 0. The second kappa shape index (κ2) is 13.9. The molecule has 0 bridgehead atoms. The van der Waals surface area contributed by atoms with Gasteiger partial charge < -0.3 is 5.11 Å². The average Bonchev–Trinajstić information content (AvgIpc) is 2.44. The summed E-state index contributed by atoms with van der Waals surface area (Å²) in [5.41, 5.74) is 0. The van der Waals surface area contributed by atoms with Gasteiger partial charge in [-0.3, -0.25) is 4.79 Å². The van der Waals surface area contributed by atoms with E-state index in [1.54, 1.807) is 0 Å². The van der Waals surface area contributed by atoms with Gasteiger partial charge in [-0.05, 0) is 12.8 Å². The van der Waals surface area contributed by atoms with Crippen molar-refractivity contribution >= 4 is 5.97 Å². The van der Waals surface area contributed by atoms with E-state index in [-0.39, 0.29) is 5.92 Å². The molecule has 0 heterocycles. The van der Waals surface area contributed by atoms with Gasteiger partial charge in [0.25, 0.3) is 0 Å². The number of carbonyl (C=O) groups is 1. The fraction of sp³-hybridized carbons (Fsp3) is 0.941. The van der Waals surface area contributed by atoms with Crippen LogP contribution >= 0.6 is 0 Å². The molecule has 114 valence electrons. The van der Waals surface area contributed by atoms with Gasteiger partial charge in [0, 0.05) is 0 Å². The predicted molar refractivity (Wildman–Crippen MR) is 82.5 cm³/mol. The lowest BCUT2D eigenvalue weighted by atomic mass is 9.90. The molecule has 1 aliphatic rings. The predicted octanol–water partition coefficient (Wildman–Crippen LogP) is 5.80. The van der Waals surface area contributed by atoms with Crippen LogP contribution in [0.2, 0.25) is 0 Å². The van der Waals surface area contributed by atoms with Crippen molar-refractivity contribution in [3.63, 3.8) is 0 Å². The number of aliphatic carboxylic acids is 1. The third-order valence-electron chi connectivity index (χ3n) is 3.91. The zero-order chi connectivity index (χ0) is 14.3. The number of unbranched alkanes of at least 4 members (excludes halogenated alkanes) is 7. The van der Waals surface area contributed by atoms with Gasteiger partial charge in [-0.2, -0.15) is 0 Å². The summed E-state index contributed by atoms with van der Waals surface area (Å²) in [4.78, 5) is 10.4. The third kappa shape index (κ3) is 12.3. The van der Waals surface area contributed by atoms with Gasteiger partial charge in [0.1, 0.15) is 0 Å². The largest absolute Gasteiger partial charge is 0.481 e. The van der Waals surface area contributed by atoms with E-state index >= 15 is 0 Å². The number of hydrogen-bond acceptors (Lipinski definition) is 1. The maximum atomic E-state index is 10.4.